The Morgan fingerprint density at radius 2 is 1.78 bits per heavy atom. The first kappa shape index (κ1) is 11.0. The minimum Gasteiger partial charge on any atom is -0.405 e. The molecule has 0 radical (unpaired) electrons. The zero-order valence-electron chi connectivity index (χ0n) is 10.5. The average Bonchev–Trinajstić information content (AvgIpc) is 2.41. The van der Waals surface area contributed by atoms with Gasteiger partial charge in [-0.1, -0.05) is 37.8 Å². The summed E-state index contributed by atoms with van der Waals surface area (Å²) >= 11 is 0. The van der Waals surface area contributed by atoms with Crippen LogP contribution in [-0.4, -0.2) is 6.98 Å². The third kappa shape index (κ3) is 1.61. The third-order valence-electron chi connectivity index (χ3n) is 3.46. The van der Waals surface area contributed by atoms with Crippen LogP contribution in [0.15, 0.2) is 54.2 Å². The molecule has 0 amide bonds. The molecular formula is C15H15BN2. The van der Waals surface area contributed by atoms with Crippen LogP contribution in [-0.2, 0) is 0 Å². The highest BCUT2D eigenvalue weighted by atomic mass is 15.0. The molecule has 3 rings (SSSR count). The molecule has 0 bridgehead atoms. The summed E-state index contributed by atoms with van der Waals surface area (Å²) in [6, 6.07) is 12.7. The molecule has 1 heterocycles. The quantitative estimate of drug-likeness (QED) is 0.609. The summed E-state index contributed by atoms with van der Waals surface area (Å²) in [5.74, 6) is 0. The van der Waals surface area contributed by atoms with E-state index in [0.717, 1.165) is 11.9 Å². The second-order valence-corrected chi connectivity index (χ2v) is 4.49. The Balaban J connectivity index is 2.14. The molecule has 0 aliphatic carbocycles. The maximum atomic E-state index is 3.77. The number of nitrogens with one attached hydrogen (secondary N) is 2. The molecule has 18 heavy (non-hydrogen) atoms. The maximum Gasteiger partial charge on any atom is 0.409 e. The van der Waals surface area contributed by atoms with E-state index in [9.17, 15) is 0 Å². The van der Waals surface area contributed by atoms with Crippen molar-refractivity contribution in [2.24, 2.45) is 0 Å². The largest absolute Gasteiger partial charge is 0.409 e. The van der Waals surface area contributed by atoms with E-state index < -0.39 is 0 Å². The molecule has 88 valence electrons. The van der Waals surface area contributed by atoms with Crippen molar-refractivity contribution in [2.45, 2.75) is 13.3 Å². The summed E-state index contributed by atoms with van der Waals surface area (Å²) in [6.07, 6.45) is 0.937. The van der Waals surface area contributed by atoms with Crippen LogP contribution >= 0.6 is 0 Å². The maximum absolute atomic E-state index is 3.77. The lowest BCUT2D eigenvalue weighted by Gasteiger charge is -2.27. The minimum atomic E-state index is 0.0907. The number of anilines is 2. The standard InChI is InChI=1S/C15H15BN2/c1-3-12(4-2)16-17-13-9-5-7-11-8-6-10-14(18-16)15(11)13/h5-10,17-18H,1,4H2,2H3. The molecule has 2 nitrogen and oxygen atoms in total. The molecule has 2 N–H and O–H groups in total. The first-order valence-corrected chi connectivity index (χ1v) is 6.27. The van der Waals surface area contributed by atoms with Crippen LogP contribution in [0.4, 0.5) is 11.4 Å². The SMILES string of the molecule is C=C=C(CC)B1Nc2cccc3cccc(c23)N1. The molecule has 0 aromatic heterocycles. The van der Waals surface area contributed by atoms with Crippen LogP contribution in [0.5, 0.6) is 0 Å². The van der Waals surface area contributed by atoms with E-state index in [4.69, 9.17) is 0 Å². The lowest BCUT2D eigenvalue weighted by atomic mass is 9.64. The van der Waals surface area contributed by atoms with Crippen molar-refractivity contribution >= 4 is 29.1 Å². The Bertz CT molecular complexity index is 616. The van der Waals surface area contributed by atoms with E-state index in [2.05, 4.69) is 66.1 Å². The molecule has 0 saturated carbocycles. The van der Waals surface area contributed by atoms with Crippen molar-refractivity contribution in [1.82, 2.24) is 0 Å². The molecular weight excluding hydrogens is 219 g/mol. The molecule has 2 aromatic rings. The predicted octanol–water partition coefficient (Wildman–Crippen LogP) is 3.83. The first-order chi connectivity index (χ1) is 8.83. The van der Waals surface area contributed by atoms with Crippen molar-refractivity contribution in [2.75, 3.05) is 10.5 Å². The van der Waals surface area contributed by atoms with Gasteiger partial charge in [0.2, 0.25) is 0 Å². The van der Waals surface area contributed by atoms with E-state index in [-0.39, 0.29) is 6.98 Å². The third-order valence-corrected chi connectivity index (χ3v) is 3.46. The summed E-state index contributed by atoms with van der Waals surface area (Å²) in [7, 11) is 0. The van der Waals surface area contributed by atoms with Gasteiger partial charge in [0.1, 0.15) is 0 Å². The summed E-state index contributed by atoms with van der Waals surface area (Å²) in [6.45, 7) is 5.98. The van der Waals surface area contributed by atoms with Gasteiger partial charge in [-0.2, -0.15) is 0 Å². The van der Waals surface area contributed by atoms with Crippen molar-refractivity contribution in [3.63, 3.8) is 0 Å². The zero-order valence-corrected chi connectivity index (χ0v) is 10.5. The second kappa shape index (κ2) is 4.28. The van der Waals surface area contributed by atoms with Crippen LogP contribution < -0.4 is 10.5 Å². The van der Waals surface area contributed by atoms with E-state index in [1.807, 2.05) is 0 Å². The Morgan fingerprint density at radius 3 is 2.28 bits per heavy atom. The molecule has 2 aromatic carbocycles. The molecule has 0 atom stereocenters. The van der Waals surface area contributed by atoms with Crippen molar-refractivity contribution in [1.29, 1.82) is 0 Å². The minimum absolute atomic E-state index is 0.0907. The molecule has 1 aliphatic rings. The van der Waals surface area contributed by atoms with Crippen LogP contribution in [0.2, 0.25) is 0 Å². The normalized spacial score (nSPS) is 12.6. The van der Waals surface area contributed by atoms with Crippen LogP contribution in [0.1, 0.15) is 13.3 Å². The lowest BCUT2D eigenvalue weighted by Crippen LogP contribution is -2.39. The number of allylic oxidation sites excluding steroid dienone is 1. The van der Waals surface area contributed by atoms with Crippen molar-refractivity contribution < 1.29 is 0 Å². The lowest BCUT2D eigenvalue weighted by molar-refractivity contribution is 1.18. The van der Waals surface area contributed by atoms with Crippen LogP contribution in [0.25, 0.3) is 10.8 Å². The van der Waals surface area contributed by atoms with Gasteiger partial charge in [0.15, 0.2) is 0 Å². The molecule has 3 heteroatoms. The van der Waals surface area contributed by atoms with Gasteiger partial charge in [0.25, 0.3) is 0 Å². The van der Waals surface area contributed by atoms with Crippen molar-refractivity contribution in [3.8, 4) is 0 Å². The predicted molar refractivity (Wildman–Crippen MR) is 79.9 cm³/mol. The molecule has 0 saturated heterocycles. The van der Waals surface area contributed by atoms with Gasteiger partial charge in [0.05, 0.1) is 0 Å². The monoisotopic (exact) mass is 234 g/mol. The van der Waals surface area contributed by atoms with Gasteiger partial charge in [-0.05, 0) is 29.4 Å². The van der Waals surface area contributed by atoms with Gasteiger partial charge >= 0.3 is 6.98 Å². The molecule has 0 fully saturated rings. The number of hydrogen-bond acceptors (Lipinski definition) is 2. The Kier molecular flexibility index (Phi) is 2.62. The molecule has 0 spiro atoms. The Hall–Kier alpha value is -2.12. The van der Waals surface area contributed by atoms with Gasteiger partial charge < -0.3 is 10.5 Å². The van der Waals surface area contributed by atoms with Gasteiger partial charge in [-0.3, -0.25) is 0 Å². The smallest absolute Gasteiger partial charge is 0.405 e. The Morgan fingerprint density at radius 1 is 1.17 bits per heavy atom. The van der Waals surface area contributed by atoms with E-state index >= 15 is 0 Å². The van der Waals surface area contributed by atoms with E-state index in [0.29, 0.717) is 0 Å². The first-order valence-electron chi connectivity index (χ1n) is 6.27. The highest BCUT2D eigenvalue weighted by molar-refractivity contribution is 6.74. The second-order valence-electron chi connectivity index (χ2n) is 4.49. The fraction of sp³-hybridized carbons (Fsp3) is 0.133. The number of rotatable bonds is 2. The summed E-state index contributed by atoms with van der Waals surface area (Å²) in [5.41, 5.74) is 6.53. The molecule has 1 aliphatic heterocycles. The topological polar surface area (TPSA) is 24.1 Å². The average molecular weight is 234 g/mol. The van der Waals surface area contributed by atoms with E-state index in [1.165, 1.54) is 22.1 Å². The summed E-state index contributed by atoms with van der Waals surface area (Å²) < 4.78 is 0. The van der Waals surface area contributed by atoms with Crippen LogP contribution in [0.3, 0.4) is 0 Å². The zero-order chi connectivity index (χ0) is 12.5. The van der Waals surface area contributed by atoms with E-state index in [1.54, 1.807) is 0 Å². The van der Waals surface area contributed by atoms with Gasteiger partial charge in [-0.25, -0.2) is 0 Å². The van der Waals surface area contributed by atoms with Gasteiger partial charge in [-0.15, -0.1) is 5.73 Å². The van der Waals surface area contributed by atoms with Gasteiger partial charge in [0, 0.05) is 16.8 Å². The fourth-order valence-electron chi connectivity index (χ4n) is 2.53. The van der Waals surface area contributed by atoms with Crippen molar-refractivity contribution in [3.05, 3.63) is 54.2 Å². The number of hydrogen-bond donors (Lipinski definition) is 2. The molecule has 0 unspecified atom stereocenters. The summed E-state index contributed by atoms with van der Waals surface area (Å²) in [5, 5.41) is 9.54. The fourth-order valence-corrected chi connectivity index (χ4v) is 2.53. The highest BCUT2D eigenvalue weighted by Crippen LogP contribution is 2.34. The summed E-state index contributed by atoms with van der Waals surface area (Å²) in [4.78, 5) is 0. The highest BCUT2D eigenvalue weighted by Gasteiger charge is 2.25. The number of benzene rings is 2. The Labute approximate surface area is 108 Å². The van der Waals surface area contributed by atoms with Crippen LogP contribution in [0, 0.1) is 0 Å².